The maximum absolute atomic E-state index is 12.1. The van der Waals surface area contributed by atoms with Crippen LogP contribution in [0, 0.1) is 0 Å². The van der Waals surface area contributed by atoms with Crippen LogP contribution in [0.1, 0.15) is 5.01 Å². The number of nitrogens with zero attached hydrogens (tertiary/aromatic N) is 3. The minimum atomic E-state index is -0.386. The van der Waals surface area contributed by atoms with Crippen LogP contribution in [-0.2, 0) is 13.2 Å². The number of halogens is 1. The molecule has 4 aromatic rings. The first-order chi connectivity index (χ1) is 11.6. The normalized spacial score (nSPS) is 11.8. The van der Waals surface area contributed by atoms with Crippen LogP contribution in [0.15, 0.2) is 51.7 Å². The molecule has 0 radical (unpaired) electrons. The highest BCUT2D eigenvalue weighted by atomic mass is 35.5. The van der Waals surface area contributed by atoms with E-state index in [1.807, 2.05) is 30.1 Å². The highest BCUT2D eigenvalue weighted by Gasteiger charge is 2.13. The Bertz CT molecular complexity index is 1050. The Morgan fingerprint density at radius 2 is 2.12 bits per heavy atom. The van der Waals surface area contributed by atoms with Crippen LogP contribution >= 0.6 is 22.9 Å². The molecule has 0 fully saturated rings. The zero-order valence-corrected chi connectivity index (χ0v) is 14.5. The number of fused-ring (bicyclic) bond motifs is 2. The monoisotopic (exact) mass is 359 g/mol. The fourth-order valence-corrected chi connectivity index (χ4v) is 3.89. The van der Waals surface area contributed by atoms with Gasteiger partial charge >= 0.3 is 5.76 Å². The van der Waals surface area contributed by atoms with Crippen molar-refractivity contribution in [2.45, 2.75) is 13.2 Å². The molecule has 2 aromatic carbocycles. The van der Waals surface area contributed by atoms with Gasteiger partial charge in [0.1, 0.15) is 5.01 Å². The molecule has 0 aliphatic heterocycles. The van der Waals surface area contributed by atoms with Gasteiger partial charge in [0, 0.05) is 11.1 Å². The van der Waals surface area contributed by atoms with Gasteiger partial charge in [0.05, 0.1) is 28.9 Å². The Morgan fingerprint density at radius 3 is 2.96 bits per heavy atom. The van der Waals surface area contributed by atoms with Crippen molar-refractivity contribution in [1.29, 1.82) is 0 Å². The maximum Gasteiger partial charge on any atom is 0.421 e. The molecule has 2 heterocycles. The number of hydrogen-bond donors (Lipinski definition) is 0. The third kappa shape index (κ3) is 2.84. The molecule has 0 unspecified atom stereocenters. The minimum absolute atomic E-state index is 0.386. The molecule has 5 nitrogen and oxygen atoms in total. The third-order valence-corrected chi connectivity index (χ3v) is 5.01. The van der Waals surface area contributed by atoms with E-state index in [-0.39, 0.29) is 5.76 Å². The predicted octanol–water partition coefficient (Wildman–Crippen LogP) is 3.95. The first-order valence-corrected chi connectivity index (χ1v) is 8.61. The first kappa shape index (κ1) is 15.4. The van der Waals surface area contributed by atoms with Gasteiger partial charge in [-0.25, -0.2) is 9.78 Å². The first-order valence-electron chi connectivity index (χ1n) is 7.42. The lowest BCUT2D eigenvalue weighted by Crippen LogP contribution is -2.27. The highest BCUT2D eigenvalue weighted by molar-refractivity contribution is 7.18. The largest absolute Gasteiger partial charge is 0.421 e. The quantitative estimate of drug-likeness (QED) is 0.553. The van der Waals surface area contributed by atoms with Gasteiger partial charge in [-0.2, -0.15) is 0 Å². The fraction of sp³-hybridized carbons (Fsp3) is 0.176. The summed E-state index contributed by atoms with van der Waals surface area (Å²) in [5.74, 6) is -0.386. The van der Waals surface area contributed by atoms with E-state index in [9.17, 15) is 4.79 Å². The summed E-state index contributed by atoms with van der Waals surface area (Å²) in [4.78, 5) is 18.7. The number of oxazole rings is 1. The molecule has 7 heteroatoms. The minimum Gasteiger partial charge on any atom is -0.408 e. The fourth-order valence-electron chi connectivity index (χ4n) is 2.68. The number of aromatic nitrogens is 2. The maximum atomic E-state index is 12.1. The predicted molar refractivity (Wildman–Crippen MR) is 96.6 cm³/mol. The van der Waals surface area contributed by atoms with Crippen LogP contribution in [0.4, 0.5) is 0 Å². The van der Waals surface area contributed by atoms with Gasteiger partial charge in [-0.1, -0.05) is 23.7 Å². The van der Waals surface area contributed by atoms with E-state index >= 15 is 0 Å². The van der Waals surface area contributed by atoms with E-state index in [0.717, 1.165) is 16.0 Å². The molecule has 2 aromatic heterocycles. The van der Waals surface area contributed by atoms with Crippen molar-refractivity contribution in [3.05, 3.63) is 63.0 Å². The SMILES string of the molecule is CN(Cc1nc2ccccc2s1)Cn1c(=O)oc2cc(Cl)ccc21. The molecule has 24 heavy (non-hydrogen) atoms. The van der Waals surface area contributed by atoms with Gasteiger partial charge in [-0.15, -0.1) is 11.3 Å². The summed E-state index contributed by atoms with van der Waals surface area (Å²) in [5, 5.41) is 1.56. The summed E-state index contributed by atoms with van der Waals surface area (Å²) in [5.41, 5.74) is 2.24. The van der Waals surface area contributed by atoms with Gasteiger partial charge < -0.3 is 4.42 Å². The average molecular weight is 360 g/mol. The molecule has 0 saturated carbocycles. The molecule has 4 rings (SSSR count). The molecule has 0 aliphatic carbocycles. The zero-order valence-electron chi connectivity index (χ0n) is 12.9. The van der Waals surface area contributed by atoms with Crippen molar-refractivity contribution in [2.24, 2.45) is 0 Å². The summed E-state index contributed by atoms with van der Waals surface area (Å²) in [6.07, 6.45) is 0. The van der Waals surface area contributed by atoms with Gasteiger partial charge in [0.15, 0.2) is 5.58 Å². The molecular formula is C17H14ClN3O2S. The molecule has 0 aliphatic rings. The second kappa shape index (κ2) is 6.05. The number of rotatable bonds is 4. The van der Waals surface area contributed by atoms with Gasteiger partial charge in [0.25, 0.3) is 0 Å². The molecule has 0 saturated heterocycles. The van der Waals surface area contributed by atoms with Crippen molar-refractivity contribution >= 4 is 44.3 Å². The Labute approximate surface area is 146 Å². The van der Waals surface area contributed by atoms with E-state index < -0.39 is 0 Å². The Balaban J connectivity index is 1.58. The molecule has 0 N–H and O–H groups in total. The summed E-state index contributed by atoms with van der Waals surface area (Å²) in [6.45, 7) is 1.08. The Morgan fingerprint density at radius 1 is 1.29 bits per heavy atom. The summed E-state index contributed by atoms with van der Waals surface area (Å²) >= 11 is 7.61. The molecular weight excluding hydrogens is 346 g/mol. The number of hydrogen-bond acceptors (Lipinski definition) is 5. The third-order valence-electron chi connectivity index (χ3n) is 3.76. The van der Waals surface area contributed by atoms with Crippen LogP contribution < -0.4 is 5.76 Å². The molecule has 0 spiro atoms. The van der Waals surface area contributed by atoms with Crippen LogP contribution in [0.3, 0.4) is 0 Å². The van der Waals surface area contributed by atoms with Gasteiger partial charge in [0.2, 0.25) is 0 Å². The second-order valence-electron chi connectivity index (χ2n) is 5.64. The van der Waals surface area contributed by atoms with E-state index in [2.05, 4.69) is 11.1 Å². The molecule has 0 atom stereocenters. The zero-order chi connectivity index (χ0) is 16.7. The van der Waals surface area contributed by atoms with Crippen LogP contribution in [-0.4, -0.2) is 21.5 Å². The van der Waals surface area contributed by atoms with E-state index in [1.165, 1.54) is 4.70 Å². The number of thiazole rings is 1. The van der Waals surface area contributed by atoms with E-state index in [1.54, 1.807) is 34.1 Å². The lowest BCUT2D eigenvalue weighted by Gasteiger charge is -2.15. The lowest BCUT2D eigenvalue weighted by atomic mass is 10.3. The molecule has 122 valence electrons. The topological polar surface area (TPSA) is 51.3 Å². The van der Waals surface area contributed by atoms with E-state index in [4.69, 9.17) is 16.0 Å². The van der Waals surface area contributed by atoms with Crippen LogP contribution in [0.5, 0.6) is 0 Å². The van der Waals surface area contributed by atoms with Crippen molar-refractivity contribution < 1.29 is 4.42 Å². The molecule has 0 bridgehead atoms. The standard InChI is InChI=1S/C17H14ClN3O2S/c1-20(9-16-19-12-4-2-3-5-15(12)24-16)10-21-13-7-6-11(18)8-14(13)23-17(21)22/h2-8H,9-10H2,1H3. The average Bonchev–Trinajstić information content (AvgIpc) is 3.07. The highest BCUT2D eigenvalue weighted by Crippen LogP contribution is 2.23. The smallest absolute Gasteiger partial charge is 0.408 e. The number of para-hydroxylation sites is 1. The van der Waals surface area contributed by atoms with Crippen LogP contribution in [0.2, 0.25) is 5.02 Å². The van der Waals surface area contributed by atoms with Gasteiger partial charge in [-0.3, -0.25) is 9.47 Å². The summed E-state index contributed by atoms with van der Waals surface area (Å²) in [6, 6.07) is 13.3. The van der Waals surface area contributed by atoms with Crippen molar-refractivity contribution in [2.75, 3.05) is 7.05 Å². The second-order valence-corrected chi connectivity index (χ2v) is 7.19. The molecule has 0 amide bonds. The van der Waals surface area contributed by atoms with E-state index in [0.29, 0.717) is 23.8 Å². The van der Waals surface area contributed by atoms with Crippen molar-refractivity contribution in [1.82, 2.24) is 14.5 Å². The summed E-state index contributed by atoms with van der Waals surface area (Å²) in [7, 11) is 1.95. The summed E-state index contributed by atoms with van der Waals surface area (Å²) < 4.78 is 8.03. The lowest BCUT2D eigenvalue weighted by molar-refractivity contribution is 0.253. The van der Waals surface area contributed by atoms with Crippen molar-refractivity contribution in [3.63, 3.8) is 0 Å². The Hall–Kier alpha value is -2.15. The Kier molecular flexibility index (Phi) is 3.88. The van der Waals surface area contributed by atoms with Gasteiger partial charge in [-0.05, 0) is 31.3 Å². The van der Waals surface area contributed by atoms with Crippen LogP contribution in [0.25, 0.3) is 21.3 Å². The van der Waals surface area contributed by atoms with Crippen molar-refractivity contribution in [3.8, 4) is 0 Å². The number of benzene rings is 2.